The molecule has 38 heavy (non-hydrogen) atoms. The summed E-state index contributed by atoms with van der Waals surface area (Å²) in [5, 5.41) is 11.1. The van der Waals surface area contributed by atoms with Gasteiger partial charge in [0.1, 0.15) is 11.4 Å². The molecule has 2 aromatic carbocycles. The van der Waals surface area contributed by atoms with Gasteiger partial charge in [-0.2, -0.15) is 0 Å². The summed E-state index contributed by atoms with van der Waals surface area (Å²) in [6.45, 7) is 2.71. The summed E-state index contributed by atoms with van der Waals surface area (Å²) in [6, 6.07) is 20.3. The molecule has 3 heterocycles. The highest BCUT2D eigenvalue weighted by Gasteiger charge is 2.22. The Kier molecular flexibility index (Phi) is 7.84. The van der Waals surface area contributed by atoms with Crippen molar-refractivity contribution in [3.8, 4) is 17.3 Å². The van der Waals surface area contributed by atoms with Crippen LogP contribution in [0.5, 0.6) is 5.75 Å². The van der Waals surface area contributed by atoms with E-state index in [9.17, 15) is 9.59 Å². The monoisotopic (exact) mass is 530 g/mol. The number of amides is 2. The van der Waals surface area contributed by atoms with Crippen LogP contribution in [-0.2, 0) is 4.79 Å². The zero-order valence-electron chi connectivity index (χ0n) is 20.7. The number of thioether (sulfide) groups is 1. The fourth-order valence-corrected chi connectivity index (χ4v) is 4.61. The molecule has 0 atom stereocenters. The summed E-state index contributed by atoms with van der Waals surface area (Å²) >= 11 is 1.16. The predicted octanol–water partition coefficient (Wildman–Crippen LogP) is 3.83. The van der Waals surface area contributed by atoms with Crippen LogP contribution in [-0.4, -0.2) is 70.9 Å². The van der Waals surface area contributed by atoms with E-state index in [0.717, 1.165) is 30.5 Å². The largest absolute Gasteiger partial charge is 0.497 e. The molecule has 5 rings (SSSR count). The van der Waals surface area contributed by atoms with Gasteiger partial charge in [0.2, 0.25) is 5.91 Å². The smallest absolute Gasteiger partial charge is 0.277 e. The second kappa shape index (κ2) is 11.8. The number of anilines is 2. The van der Waals surface area contributed by atoms with E-state index >= 15 is 0 Å². The number of piperazine rings is 1. The number of ether oxygens (including phenoxy) is 1. The first-order valence-corrected chi connectivity index (χ1v) is 13.0. The predicted molar refractivity (Wildman–Crippen MR) is 144 cm³/mol. The van der Waals surface area contributed by atoms with E-state index in [0.29, 0.717) is 46.9 Å². The van der Waals surface area contributed by atoms with E-state index in [1.54, 1.807) is 31.5 Å². The minimum absolute atomic E-state index is 0.00738. The molecule has 0 radical (unpaired) electrons. The van der Waals surface area contributed by atoms with E-state index in [1.165, 1.54) is 0 Å². The van der Waals surface area contributed by atoms with Gasteiger partial charge in [-0.1, -0.05) is 23.9 Å². The Morgan fingerprint density at radius 2 is 1.82 bits per heavy atom. The number of rotatable bonds is 8. The highest BCUT2D eigenvalue weighted by molar-refractivity contribution is 7.99. The molecule has 0 saturated carbocycles. The highest BCUT2D eigenvalue weighted by atomic mass is 32.2. The molecule has 1 saturated heterocycles. The van der Waals surface area contributed by atoms with E-state index in [1.807, 2.05) is 53.4 Å². The van der Waals surface area contributed by atoms with Gasteiger partial charge in [0.15, 0.2) is 0 Å². The van der Waals surface area contributed by atoms with E-state index in [2.05, 4.69) is 25.4 Å². The molecule has 1 aliphatic rings. The van der Waals surface area contributed by atoms with Gasteiger partial charge in [-0.3, -0.25) is 14.6 Å². The van der Waals surface area contributed by atoms with Crippen LogP contribution in [0.4, 0.5) is 11.4 Å². The second-order valence-electron chi connectivity index (χ2n) is 8.48. The van der Waals surface area contributed by atoms with E-state index in [4.69, 9.17) is 9.15 Å². The summed E-state index contributed by atoms with van der Waals surface area (Å²) in [5.74, 6) is 0.951. The average Bonchev–Trinajstić information content (AvgIpc) is 3.46. The normalized spacial score (nSPS) is 13.3. The van der Waals surface area contributed by atoms with Crippen molar-refractivity contribution in [1.29, 1.82) is 0 Å². The van der Waals surface area contributed by atoms with Crippen LogP contribution in [0.3, 0.4) is 0 Å². The van der Waals surface area contributed by atoms with E-state index < -0.39 is 0 Å². The van der Waals surface area contributed by atoms with Crippen LogP contribution in [0.1, 0.15) is 10.4 Å². The fourth-order valence-electron chi connectivity index (χ4n) is 4.05. The third-order valence-electron chi connectivity index (χ3n) is 6.02. The standard InChI is InChI=1S/C27H26N6O4S/c1-36-22-6-4-5-19(17-22)26(35)33-15-13-32(14-16-33)21-10-8-20(9-11-21)29-24(34)18-38-27-31-30-25(37-27)23-7-2-3-12-28-23/h2-12,17H,13-16,18H2,1H3,(H,29,34). The Balaban J connectivity index is 1.09. The number of hydrogen-bond acceptors (Lipinski definition) is 9. The minimum Gasteiger partial charge on any atom is -0.497 e. The summed E-state index contributed by atoms with van der Waals surface area (Å²) in [7, 11) is 1.59. The second-order valence-corrected chi connectivity index (χ2v) is 9.41. The number of methoxy groups -OCH3 is 1. The lowest BCUT2D eigenvalue weighted by molar-refractivity contribution is -0.113. The molecule has 0 unspecified atom stereocenters. The van der Waals surface area contributed by atoms with Crippen LogP contribution in [0.2, 0.25) is 0 Å². The quantitative estimate of drug-likeness (QED) is 0.340. The van der Waals surface area contributed by atoms with Crippen LogP contribution >= 0.6 is 11.8 Å². The zero-order chi connectivity index (χ0) is 26.3. The molecule has 4 aromatic rings. The molecule has 194 valence electrons. The molecule has 0 bridgehead atoms. The molecule has 0 aliphatic carbocycles. The molecule has 1 N–H and O–H groups in total. The third-order valence-corrected chi connectivity index (χ3v) is 6.84. The van der Waals surface area contributed by atoms with Gasteiger partial charge in [0.25, 0.3) is 17.0 Å². The van der Waals surface area contributed by atoms with Crippen LogP contribution < -0.4 is 15.0 Å². The molecule has 10 nitrogen and oxygen atoms in total. The summed E-state index contributed by atoms with van der Waals surface area (Å²) in [4.78, 5) is 33.5. The highest BCUT2D eigenvalue weighted by Crippen LogP contribution is 2.23. The van der Waals surface area contributed by atoms with Gasteiger partial charge in [-0.05, 0) is 54.6 Å². The summed E-state index contributed by atoms with van der Waals surface area (Å²) < 4.78 is 10.8. The topological polar surface area (TPSA) is 114 Å². The van der Waals surface area contributed by atoms with Gasteiger partial charge in [-0.15, -0.1) is 10.2 Å². The number of carbonyl (C=O) groups is 2. The summed E-state index contributed by atoms with van der Waals surface area (Å²) in [6.07, 6.45) is 1.65. The maximum Gasteiger partial charge on any atom is 0.277 e. The van der Waals surface area contributed by atoms with Crippen molar-refractivity contribution in [2.75, 3.05) is 49.3 Å². The maximum absolute atomic E-state index is 12.9. The van der Waals surface area contributed by atoms with Crippen molar-refractivity contribution in [1.82, 2.24) is 20.1 Å². The van der Waals surface area contributed by atoms with Crippen LogP contribution in [0.25, 0.3) is 11.6 Å². The zero-order valence-corrected chi connectivity index (χ0v) is 21.6. The Morgan fingerprint density at radius 3 is 2.55 bits per heavy atom. The molecule has 11 heteroatoms. The lowest BCUT2D eigenvalue weighted by Crippen LogP contribution is -2.48. The molecule has 1 aliphatic heterocycles. The minimum atomic E-state index is -0.176. The number of nitrogens with zero attached hydrogens (tertiary/aromatic N) is 5. The van der Waals surface area contributed by atoms with Crippen LogP contribution in [0, 0.1) is 0 Å². The SMILES string of the molecule is COc1cccc(C(=O)N2CCN(c3ccc(NC(=O)CSc4nnc(-c5ccccn5)o4)cc3)CC2)c1. The van der Waals surface area contributed by atoms with Gasteiger partial charge in [-0.25, -0.2) is 0 Å². The van der Waals surface area contributed by atoms with E-state index in [-0.39, 0.29) is 17.6 Å². The number of benzene rings is 2. The van der Waals surface area contributed by atoms with Gasteiger partial charge in [0.05, 0.1) is 12.9 Å². The molecule has 2 aromatic heterocycles. The number of pyridine rings is 1. The van der Waals surface area contributed by atoms with Crippen molar-refractivity contribution in [3.63, 3.8) is 0 Å². The van der Waals surface area contributed by atoms with Crippen molar-refractivity contribution >= 4 is 35.0 Å². The number of aromatic nitrogens is 3. The Hall–Kier alpha value is -4.38. The molecule has 0 spiro atoms. The number of nitrogens with one attached hydrogen (secondary N) is 1. The third kappa shape index (κ3) is 6.12. The van der Waals surface area contributed by atoms with Crippen molar-refractivity contribution in [3.05, 3.63) is 78.5 Å². The Morgan fingerprint density at radius 1 is 1.00 bits per heavy atom. The first kappa shape index (κ1) is 25.3. The Bertz CT molecular complexity index is 1390. The lowest BCUT2D eigenvalue weighted by atomic mass is 10.1. The van der Waals surface area contributed by atoms with Crippen molar-refractivity contribution in [2.24, 2.45) is 0 Å². The molecule has 2 amide bonds. The van der Waals surface area contributed by atoms with Gasteiger partial charge >= 0.3 is 0 Å². The number of carbonyl (C=O) groups excluding carboxylic acids is 2. The Labute approximate surface area is 224 Å². The fraction of sp³-hybridized carbons (Fsp3) is 0.222. The molecular weight excluding hydrogens is 504 g/mol. The first-order chi connectivity index (χ1) is 18.6. The average molecular weight is 531 g/mol. The lowest BCUT2D eigenvalue weighted by Gasteiger charge is -2.36. The van der Waals surface area contributed by atoms with Gasteiger partial charge in [0, 0.05) is 49.3 Å². The van der Waals surface area contributed by atoms with Crippen molar-refractivity contribution < 1.29 is 18.7 Å². The molecular formula is C27H26N6O4S. The van der Waals surface area contributed by atoms with Crippen molar-refractivity contribution in [2.45, 2.75) is 5.22 Å². The maximum atomic E-state index is 12.9. The molecule has 1 fully saturated rings. The first-order valence-electron chi connectivity index (χ1n) is 12.0. The number of hydrogen-bond donors (Lipinski definition) is 1. The van der Waals surface area contributed by atoms with Gasteiger partial charge < -0.3 is 24.3 Å². The van der Waals surface area contributed by atoms with Crippen LogP contribution in [0.15, 0.2) is 82.6 Å². The summed E-state index contributed by atoms with van der Waals surface area (Å²) in [5.41, 5.74) is 2.95.